The first-order chi connectivity index (χ1) is 9.97. The lowest BCUT2D eigenvalue weighted by atomic mass is 9.78. The molecule has 2 aliphatic rings. The van der Waals surface area contributed by atoms with E-state index < -0.39 is 10.0 Å². The second kappa shape index (κ2) is 5.83. The summed E-state index contributed by atoms with van der Waals surface area (Å²) >= 11 is 1.09. The third kappa shape index (κ3) is 3.56. The summed E-state index contributed by atoms with van der Waals surface area (Å²) in [6.45, 7) is 0.755. The molecule has 1 saturated carbocycles. The van der Waals surface area contributed by atoms with E-state index in [0.717, 1.165) is 43.6 Å². The molecule has 0 aromatic carbocycles. The van der Waals surface area contributed by atoms with Crippen LogP contribution < -0.4 is 10.5 Å². The average Bonchev–Trinajstić information content (AvgIpc) is 2.88. The SMILES string of the molecule is NS(=O)(=O)c1cnc(NC2CCOC3(CCCCC3)C2)s1. The van der Waals surface area contributed by atoms with E-state index in [-0.39, 0.29) is 15.9 Å². The van der Waals surface area contributed by atoms with E-state index in [0.29, 0.717) is 5.13 Å². The van der Waals surface area contributed by atoms with E-state index in [1.807, 2.05) is 0 Å². The molecule has 0 amide bonds. The fraction of sp³-hybridized carbons (Fsp3) is 0.769. The number of anilines is 1. The molecular weight excluding hydrogens is 310 g/mol. The van der Waals surface area contributed by atoms with Gasteiger partial charge in [-0.2, -0.15) is 0 Å². The van der Waals surface area contributed by atoms with Gasteiger partial charge in [-0.25, -0.2) is 18.5 Å². The van der Waals surface area contributed by atoms with Gasteiger partial charge in [0.25, 0.3) is 0 Å². The molecule has 2 fully saturated rings. The molecule has 1 spiro atoms. The Labute approximate surface area is 129 Å². The van der Waals surface area contributed by atoms with Crippen molar-refractivity contribution < 1.29 is 13.2 Å². The van der Waals surface area contributed by atoms with Gasteiger partial charge in [0.2, 0.25) is 10.0 Å². The largest absolute Gasteiger partial charge is 0.375 e. The first-order valence-corrected chi connectivity index (χ1v) is 9.72. The fourth-order valence-electron chi connectivity index (χ4n) is 3.33. The molecule has 1 unspecified atom stereocenters. The topological polar surface area (TPSA) is 94.3 Å². The average molecular weight is 331 g/mol. The van der Waals surface area contributed by atoms with Crippen LogP contribution >= 0.6 is 11.3 Å². The predicted molar refractivity (Wildman–Crippen MR) is 81.9 cm³/mol. The van der Waals surface area contributed by atoms with Crippen LogP contribution in [0.5, 0.6) is 0 Å². The Kier molecular flexibility index (Phi) is 4.22. The number of aromatic nitrogens is 1. The number of nitrogens with two attached hydrogens (primary N) is 1. The second-order valence-corrected chi connectivity index (χ2v) is 8.77. The van der Waals surface area contributed by atoms with Gasteiger partial charge in [0.1, 0.15) is 0 Å². The van der Waals surface area contributed by atoms with Crippen LogP contribution in [0.2, 0.25) is 0 Å². The highest BCUT2D eigenvalue weighted by Crippen LogP contribution is 2.39. The third-order valence-electron chi connectivity index (χ3n) is 4.35. The molecule has 2 heterocycles. The summed E-state index contributed by atoms with van der Waals surface area (Å²) in [5.74, 6) is 0. The summed E-state index contributed by atoms with van der Waals surface area (Å²) in [6.07, 6.45) is 9.24. The Morgan fingerprint density at radius 1 is 1.38 bits per heavy atom. The van der Waals surface area contributed by atoms with Gasteiger partial charge in [-0.1, -0.05) is 30.6 Å². The number of ether oxygens (including phenoxy) is 1. The van der Waals surface area contributed by atoms with Gasteiger partial charge in [0.15, 0.2) is 9.34 Å². The van der Waals surface area contributed by atoms with Crippen molar-refractivity contribution in [1.29, 1.82) is 0 Å². The normalized spacial score (nSPS) is 25.9. The highest BCUT2D eigenvalue weighted by molar-refractivity contribution is 7.91. The molecule has 1 saturated heterocycles. The number of hydrogen-bond donors (Lipinski definition) is 2. The van der Waals surface area contributed by atoms with E-state index in [4.69, 9.17) is 9.88 Å². The summed E-state index contributed by atoms with van der Waals surface area (Å²) in [6, 6.07) is 0.288. The molecule has 0 radical (unpaired) electrons. The molecule has 1 aliphatic heterocycles. The van der Waals surface area contributed by atoms with Crippen molar-refractivity contribution in [2.75, 3.05) is 11.9 Å². The van der Waals surface area contributed by atoms with Crippen LogP contribution in [0.15, 0.2) is 10.4 Å². The monoisotopic (exact) mass is 331 g/mol. The summed E-state index contributed by atoms with van der Waals surface area (Å²) in [5, 5.41) is 9.08. The number of thiazole rings is 1. The summed E-state index contributed by atoms with van der Waals surface area (Å²) in [4.78, 5) is 4.12. The van der Waals surface area contributed by atoms with Gasteiger partial charge in [0.05, 0.1) is 11.8 Å². The van der Waals surface area contributed by atoms with Crippen molar-refractivity contribution >= 4 is 26.5 Å². The minimum absolute atomic E-state index is 0.0220. The number of nitrogens with zero attached hydrogens (tertiary/aromatic N) is 1. The van der Waals surface area contributed by atoms with Gasteiger partial charge in [-0.05, 0) is 25.7 Å². The van der Waals surface area contributed by atoms with Gasteiger partial charge < -0.3 is 10.1 Å². The highest BCUT2D eigenvalue weighted by atomic mass is 32.2. The molecule has 3 rings (SSSR count). The molecule has 1 aliphatic carbocycles. The van der Waals surface area contributed by atoms with Crippen LogP contribution in [0.1, 0.15) is 44.9 Å². The van der Waals surface area contributed by atoms with Crippen LogP contribution in [0.25, 0.3) is 0 Å². The van der Waals surface area contributed by atoms with Crippen molar-refractivity contribution in [2.24, 2.45) is 5.14 Å². The predicted octanol–water partition coefficient (Wildman–Crippen LogP) is 2.08. The first kappa shape index (κ1) is 15.2. The molecule has 1 aromatic rings. The molecule has 0 bridgehead atoms. The van der Waals surface area contributed by atoms with Crippen LogP contribution in [-0.4, -0.2) is 31.7 Å². The van der Waals surface area contributed by atoms with E-state index in [9.17, 15) is 8.42 Å². The maximum atomic E-state index is 11.3. The van der Waals surface area contributed by atoms with Crippen molar-refractivity contribution in [3.63, 3.8) is 0 Å². The van der Waals surface area contributed by atoms with E-state index >= 15 is 0 Å². The maximum Gasteiger partial charge on any atom is 0.249 e. The number of hydrogen-bond acceptors (Lipinski definition) is 6. The van der Waals surface area contributed by atoms with Crippen LogP contribution in [-0.2, 0) is 14.8 Å². The van der Waals surface area contributed by atoms with Crippen LogP contribution in [0, 0.1) is 0 Å². The van der Waals surface area contributed by atoms with Crippen molar-refractivity contribution in [2.45, 2.75) is 60.8 Å². The lowest BCUT2D eigenvalue weighted by molar-refractivity contribution is -0.103. The first-order valence-electron chi connectivity index (χ1n) is 7.36. The Hall–Kier alpha value is -0.700. The molecule has 21 heavy (non-hydrogen) atoms. The van der Waals surface area contributed by atoms with Crippen LogP contribution in [0.4, 0.5) is 5.13 Å². The Morgan fingerprint density at radius 2 is 2.14 bits per heavy atom. The summed E-state index contributed by atoms with van der Waals surface area (Å²) < 4.78 is 28.7. The standard InChI is InChI=1S/C13H21N3O3S2/c14-21(17,18)11-9-15-12(20-11)16-10-4-7-19-13(8-10)5-2-1-3-6-13/h9-10H,1-8H2,(H,15,16)(H2,14,17,18). The zero-order valence-electron chi connectivity index (χ0n) is 11.9. The zero-order chi connectivity index (χ0) is 14.9. The smallest absolute Gasteiger partial charge is 0.249 e. The van der Waals surface area contributed by atoms with Crippen LogP contribution in [0.3, 0.4) is 0 Å². The maximum absolute atomic E-state index is 11.3. The molecular formula is C13H21N3O3S2. The van der Waals surface area contributed by atoms with Gasteiger partial charge in [0, 0.05) is 12.6 Å². The third-order valence-corrected chi connectivity index (χ3v) is 6.69. The van der Waals surface area contributed by atoms with E-state index in [1.165, 1.54) is 25.5 Å². The molecule has 3 N–H and O–H groups in total. The number of primary sulfonamides is 1. The molecule has 1 atom stereocenters. The Bertz CT molecular complexity index is 588. The molecule has 118 valence electrons. The van der Waals surface area contributed by atoms with E-state index in [2.05, 4.69) is 10.3 Å². The fourth-order valence-corrected chi connectivity index (χ4v) is 4.86. The molecule has 6 nitrogen and oxygen atoms in total. The Morgan fingerprint density at radius 3 is 2.81 bits per heavy atom. The van der Waals surface area contributed by atoms with Gasteiger partial charge >= 0.3 is 0 Å². The second-order valence-electron chi connectivity index (χ2n) is 5.96. The summed E-state index contributed by atoms with van der Waals surface area (Å²) in [7, 11) is -3.66. The van der Waals surface area contributed by atoms with Crippen molar-refractivity contribution in [1.82, 2.24) is 4.98 Å². The van der Waals surface area contributed by atoms with E-state index in [1.54, 1.807) is 0 Å². The number of nitrogens with one attached hydrogen (secondary N) is 1. The minimum Gasteiger partial charge on any atom is -0.375 e. The van der Waals surface area contributed by atoms with Gasteiger partial charge in [-0.3, -0.25) is 0 Å². The van der Waals surface area contributed by atoms with Crippen molar-refractivity contribution in [3.05, 3.63) is 6.20 Å². The molecule has 8 heteroatoms. The lowest BCUT2D eigenvalue weighted by Crippen LogP contribution is -2.45. The van der Waals surface area contributed by atoms with Crippen molar-refractivity contribution in [3.8, 4) is 0 Å². The minimum atomic E-state index is -3.66. The van der Waals surface area contributed by atoms with Gasteiger partial charge in [-0.15, -0.1) is 0 Å². The lowest BCUT2D eigenvalue weighted by Gasteiger charge is -2.43. The zero-order valence-corrected chi connectivity index (χ0v) is 13.5. The number of rotatable bonds is 3. The summed E-state index contributed by atoms with van der Waals surface area (Å²) in [5.41, 5.74) is 0.0220. The number of sulfonamides is 1. The highest BCUT2D eigenvalue weighted by Gasteiger charge is 2.38. The Balaban J connectivity index is 1.66. The molecule has 1 aromatic heterocycles. The quantitative estimate of drug-likeness (QED) is 0.884.